The number of carboxylic acid groups (broad SMARTS) is 1. The van der Waals surface area contributed by atoms with E-state index in [1.54, 1.807) is 7.05 Å². The molecule has 0 aliphatic carbocycles. The summed E-state index contributed by atoms with van der Waals surface area (Å²) in [7, 11) is 1.70. The molecular weight excluding hydrogens is 234 g/mol. The van der Waals surface area contributed by atoms with Crippen LogP contribution in [0.1, 0.15) is 36.3 Å². The maximum atomic E-state index is 10.9. The maximum Gasteiger partial charge on any atom is 0.339 e. The Morgan fingerprint density at radius 3 is 2.78 bits per heavy atom. The second kappa shape index (κ2) is 6.51. The van der Waals surface area contributed by atoms with Gasteiger partial charge in [0, 0.05) is 20.1 Å². The highest BCUT2D eigenvalue weighted by atomic mass is 16.4. The van der Waals surface area contributed by atoms with E-state index in [1.807, 2.05) is 13.8 Å². The van der Waals surface area contributed by atoms with Crippen LogP contribution in [0.2, 0.25) is 0 Å². The lowest BCUT2D eigenvalue weighted by atomic mass is 10.1. The highest BCUT2D eigenvalue weighted by molar-refractivity contribution is 5.88. The van der Waals surface area contributed by atoms with Crippen LogP contribution in [0.3, 0.4) is 0 Å². The first-order valence-corrected chi connectivity index (χ1v) is 6.04. The summed E-state index contributed by atoms with van der Waals surface area (Å²) in [6, 6.07) is 0. The number of aliphatic hydroxyl groups excluding tert-OH is 1. The van der Waals surface area contributed by atoms with Gasteiger partial charge in [-0.25, -0.2) is 4.79 Å². The lowest BCUT2D eigenvalue weighted by molar-refractivity contribution is 0.0695. The van der Waals surface area contributed by atoms with Crippen molar-refractivity contribution in [2.75, 3.05) is 6.54 Å². The third-order valence-electron chi connectivity index (χ3n) is 2.71. The Kier molecular flexibility index (Phi) is 5.30. The SMILES string of the molecule is CC(C)CC(O)CNCc1c(C(=O)O)cnn1C. The van der Waals surface area contributed by atoms with Crippen LogP contribution < -0.4 is 5.32 Å². The standard InChI is InChI=1S/C12H21N3O3/c1-8(2)4-9(16)5-13-7-11-10(12(17)18)6-14-15(11)3/h6,8-9,13,16H,4-5,7H2,1-3H3,(H,17,18). The van der Waals surface area contributed by atoms with E-state index in [4.69, 9.17) is 5.11 Å². The third kappa shape index (κ3) is 4.12. The molecule has 0 radical (unpaired) electrons. The molecule has 1 aromatic heterocycles. The van der Waals surface area contributed by atoms with Gasteiger partial charge in [0.2, 0.25) is 0 Å². The summed E-state index contributed by atoms with van der Waals surface area (Å²) >= 11 is 0. The quantitative estimate of drug-likeness (QED) is 0.664. The van der Waals surface area contributed by atoms with Gasteiger partial charge in [-0.05, 0) is 12.3 Å². The van der Waals surface area contributed by atoms with Gasteiger partial charge in [0.1, 0.15) is 5.56 Å². The van der Waals surface area contributed by atoms with E-state index in [-0.39, 0.29) is 5.56 Å². The molecule has 102 valence electrons. The smallest absolute Gasteiger partial charge is 0.339 e. The number of carbonyl (C=O) groups is 1. The van der Waals surface area contributed by atoms with Crippen molar-refractivity contribution >= 4 is 5.97 Å². The number of rotatable bonds is 7. The zero-order valence-corrected chi connectivity index (χ0v) is 11.1. The van der Waals surface area contributed by atoms with E-state index in [9.17, 15) is 9.90 Å². The molecule has 0 aliphatic rings. The topological polar surface area (TPSA) is 87.4 Å². The molecule has 1 aromatic rings. The van der Waals surface area contributed by atoms with Crippen LogP contribution in [0.5, 0.6) is 0 Å². The first kappa shape index (κ1) is 14.7. The second-order valence-electron chi connectivity index (χ2n) is 4.85. The molecular formula is C12H21N3O3. The fraction of sp³-hybridized carbons (Fsp3) is 0.667. The molecule has 0 saturated heterocycles. The molecule has 1 unspecified atom stereocenters. The van der Waals surface area contributed by atoms with Gasteiger partial charge in [0.25, 0.3) is 0 Å². The van der Waals surface area contributed by atoms with E-state index in [2.05, 4.69) is 10.4 Å². The summed E-state index contributed by atoms with van der Waals surface area (Å²) in [5.41, 5.74) is 0.808. The van der Waals surface area contributed by atoms with E-state index in [1.165, 1.54) is 10.9 Å². The average Bonchev–Trinajstić information content (AvgIpc) is 2.59. The van der Waals surface area contributed by atoms with E-state index >= 15 is 0 Å². The lowest BCUT2D eigenvalue weighted by Crippen LogP contribution is -2.28. The number of aromatic nitrogens is 2. The van der Waals surface area contributed by atoms with Crippen molar-refractivity contribution in [3.05, 3.63) is 17.5 Å². The minimum Gasteiger partial charge on any atom is -0.478 e. The lowest BCUT2D eigenvalue weighted by Gasteiger charge is -2.14. The molecule has 0 aromatic carbocycles. The normalized spacial score (nSPS) is 12.9. The van der Waals surface area contributed by atoms with Crippen LogP contribution in [-0.2, 0) is 13.6 Å². The number of aryl methyl sites for hydroxylation is 1. The van der Waals surface area contributed by atoms with Gasteiger partial charge < -0.3 is 15.5 Å². The molecule has 0 fully saturated rings. The van der Waals surface area contributed by atoms with Crippen LogP contribution >= 0.6 is 0 Å². The van der Waals surface area contributed by atoms with Crippen molar-refractivity contribution in [1.29, 1.82) is 0 Å². The Balaban J connectivity index is 2.49. The molecule has 1 heterocycles. The molecule has 0 amide bonds. The van der Waals surface area contributed by atoms with Gasteiger partial charge in [-0.3, -0.25) is 4.68 Å². The van der Waals surface area contributed by atoms with Crippen LogP contribution in [0, 0.1) is 5.92 Å². The van der Waals surface area contributed by atoms with Crippen molar-refractivity contribution in [2.45, 2.75) is 32.9 Å². The van der Waals surface area contributed by atoms with Crippen molar-refractivity contribution < 1.29 is 15.0 Å². The van der Waals surface area contributed by atoms with Crippen LogP contribution in [0.15, 0.2) is 6.20 Å². The van der Waals surface area contributed by atoms with Gasteiger partial charge in [-0.2, -0.15) is 5.10 Å². The molecule has 3 N–H and O–H groups in total. The predicted octanol–water partition coefficient (Wildman–Crippen LogP) is 0.615. The van der Waals surface area contributed by atoms with Crippen LogP contribution in [0.4, 0.5) is 0 Å². The fourth-order valence-electron chi connectivity index (χ4n) is 1.84. The Hall–Kier alpha value is -1.40. The molecule has 0 bridgehead atoms. The molecule has 1 atom stereocenters. The molecule has 6 nitrogen and oxygen atoms in total. The molecule has 1 rings (SSSR count). The maximum absolute atomic E-state index is 10.9. The average molecular weight is 255 g/mol. The number of nitrogens with zero attached hydrogens (tertiary/aromatic N) is 2. The number of nitrogens with one attached hydrogen (secondary N) is 1. The zero-order valence-electron chi connectivity index (χ0n) is 11.1. The van der Waals surface area contributed by atoms with Crippen molar-refractivity contribution in [3.8, 4) is 0 Å². The molecule has 0 spiro atoms. The van der Waals surface area contributed by atoms with Gasteiger partial charge in [0.15, 0.2) is 0 Å². The summed E-state index contributed by atoms with van der Waals surface area (Å²) in [4.78, 5) is 10.9. The summed E-state index contributed by atoms with van der Waals surface area (Å²) in [6.45, 7) is 4.93. The Morgan fingerprint density at radius 2 is 2.22 bits per heavy atom. The van der Waals surface area contributed by atoms with Crippen LogP contribution in [0.25, 0.3) is 0 Å². The van der Waals surface area contributed by atoms with Gasteiger partial charge >= 0.3 is 5.97 Å². The van der Waals surface area contributed by atoms with E-state index in [0.29, 0.717) is 24.7 Å². The number of carboxylic acids is 1. The Bertz CT molecular complexity index is 401. The highest BCUT2D eigenvalue weighted by Crippen LogP contribution is 2.08. The third-order valence-corrected chi connectivity index (χ3v) is 2.71. The number of hydrogen-bond acceptors (Lipinski definition) is 4. The highest BCUT2D eigenvalue weighted by Gasteiger charge is 2.15. The summed E-state index contributed by atoms with van der Waals surface area (Å²) in [5.74, 6) is -0.546. The summed E-state index contributed by atoms with van der Waals surface area (Å²) in [5, 5.41) is 25.6. The minimum absolute atomic E-state index is 0.198. The summed E-state index contributed by atoms with van der Waals surface area (Å²) in [6.07, 6.45) is 1.65. The predicted molar refractivity (Wildman–Crippen MR) is 67.3 cm³/mol. The van der Waals surface area contributed by atoms with E-state index < -0.39 is 12.1 Å². The van der Waals surface area contributed by atoms with Gasteiger partial charge in [-0.15, -0.1) is 0 Å². The van der Waals surface area contributed by atoms with Crippen molar-refractivity contribution in [2.24, 2.45) is 13.0 Å². The first-order chi connectivity index (χ1) is 8.41. The van der Waals surface area contributed by atoms with Crippen LogP contribution in [-0.4, -0.2) is 38.6 Å². The number of hydrogen-bond donors (Lipinski definition) is 3. The molecule has 6 heteroatoms. The monoisotopic (exact) mass is 255 g/mol. The van der Waals surface area contributed by atoms with Crippen molar-refractivity contribution in [3.63, 3.8) is 0 Å². The molecule has 0 aliphatic heterocycles. The molecule has 18 heavy (non-hydrogen) atoms. The largest absolute Gasteiger partial charge is 0.478 e. The zero-order chi connectivity index (χ0) is 13.7. The Morgan fingerprint density at radius 1 is 1.56 bits per heavy atom. The van der Waals surface area contributed by atoms with Crippen molar-refractivity contribution in [1.82, 2.24) is 15.1 Å². The van der Waals surface area contributed by atoms with E-state index in [0.717, 1.165) is 6.42 Å². The van der Waals surface area contributed by atoms with Gasteiger partial charge in [0.05, 0.1) is 18.0 Å². The second-order valence-corrected chi connectivity index (χ2v) is 4.85. The minimum atomic E-state index is -0.984. The fourth-order valence-corrected chi connectivity index (χ4v) is 1.84. The van der Waals surface area contributed by atoms with Gasteiger partial charge in [-0.1, -0.05) is 13.8 Å². The number of aliphatic hydroxyl groups is 1. The Labute approximate surface area is 107 Å². The first-order valence-electron chi connectivity index (χ1n) is 6.04. The molecule has 0 saturated carbocycles. The number of aromatic carboxylic acids is 1. The summed E-state index contributed by atoms with van der Waals surface area (Å²) < 4.78 is 1.53.